The number of carbonyl (C=O) groups is 1. The quantitative estimate of drug-likeness (QED) is 0.783. The summed E-state index contributed by atoms with van der Waals surface area (Å²) >= 11 is 3.06. The van der Waals surface area contributed by atoms with Crippen LogP contribution in [0, 0.1) is 5.92 Å². The zero-order valence-electron chi connectivity index (χ0n) is 15.4. The van der Waals surface area contributed by atoms with Crippen LogP contribution in [0.1, 0.15) is 53.4 Å². The van der Waals surface area contributed by atoms with Crippen molar-refractivity contribution in [2.45, 2.75) is 43.7 Å². The Bertz CT molecular complexity index is 937. The van der Waals surface area contributed by atoms with E-state index in [0.717, 1.165) is 35.8 Å². The SMILES string of the molecule is C[C@H]1C[C@H]2CSC(N)=NC2(c2nc(NC(=O)c3cc(C4CC4)on3)cs2)CO1. The highest BCUT2D eigenvalue weighted by Crippen LogP contribution is 2.47. The van der Waals surface area contributed by atoms with Crippen LogP contribution in [0.2, 0.25) is 0 Å². The molecule has 3 atom stereocenters. The molecular weight excluding hydrogens is 398 g/mol. The van der Waals surface area contributed by atoms with Gasteiger partial charge >= 0.3 is 0 Å². The third-order valence-electron chi connectivity index (χ3n) is 5.48. The number of fused-ring (bicyclic) bond motifs is 1. The van der Waals surface area contributed by atoms with Crippen LogP contribution in [-0.4, -0.2) is 39.7 Å². The van der Waals surface area contributed by atoms with Crippen molar-refractivity contribution >= 4 is 40.0 Å². The fourth-order valence-corrected chi connectivity index (χ4v) is 5.72. The minimum absolute atomic E-state index is 0.195. The summed E-state index contributed by atoms with van der Waals surface area (Å²) in [6.45, 7) is 2.53. The largest absolute Gasteiger partial charge is 0.379 e. The minimum Gasteiger partial charge on any atom is -0.379 e. The number of hydrogen-bond acceptors (Lipinski definition) is 9. The van der Waals surface area contributed by atoms with Crippen molar-refractivity contribution in [3.8, 4) is 0 Å². The summed E-state index contributed by atoms with van der Waals surface area (Å²) in [5.74, 6) is 2.56. The number of nitrogens with zero attached hydrogens (tertiary/aromatic N) is 3. The molecule has 2 aromatic rings. The molecule has 0 spiro atoms. The van der Waals surface area contributed by atoms with Crippen molar-refractivity contribution in [2.24, 2.45) is 16.6 Å². The van der Waals surface area contributed by atoms with Gasteiger partial charge in [0.05, 0.1) is 12.7 Å². The molecule has 2 aliphatic heterocycles. The summed E-state index contributed by atoms with van der Waals surface area (Å²) in [7, 11) is 0. The number of rotatable bonds is 4. The van der Waals surface area contributed by atoms with E-state index in [2.05, 4.69) is 22.4 Å². The Kier molecular flexibility index (Phi) is 4.44. The van der Waals surface area contributed by atoms with Crippen molar-refractivity contribution in [1.82, 2.24) is 10.1 Å². The maximum Gasteiger partial charge on any atom is 0.279 e. The van der Waals surface area contributed by atoms with Crippen LogP contribution in [0.25, 0.3) is 0 Å². The number of thiazole rings is 1. The molecule has 2 fully saturated rings. The van der Waals surface area contributed by atoms with E-state index in [9.17, 15) is 4.79 Å². The van der Waals surface area contributed by atoms with Gasteiger partial charge in [0, 0.05) is 29.0 Å². The average Bonchev–Trinajstić information content (AvgIpc) is 3.21. The zero-order chi connectivity index (χ0) is 19.3. The van der Waals surface area contributed by atoms with Crippen molar-refractivity contribution in [3.05, 3.63) is 27.9 Å². The molecule has 1 aliphatic carbocycles. The van der Waals surface area contributed by atoms with Gasteiger partial charge in [-0.05, 0) is 26.2 Å². The number of aromatic nitrogens is 2. The van der Waals surface area contributed by atoms with E-state index in [0.29, 0.717) is 29.4 Å². The maximum atomic E-state index is 12.5. The number of aliphatic imine (C=N–C) groups is 1. The van der Waals surface area contributed by atoms with Gasteiger partial charge in [-0.15, -0.1) is 11.3 Å². The van der Waals surface area contributed by atoms with Crippen LogP contribution < -0.4 is 11.1 Å². The summed E-state index contributed by atoms with van der Waals surface area (Å²) in [5, 5.41) is 9.90. The number of carbonyl (C=O) groups excluding carboxylic acids is 1. The Balaban J connectivity index is 1.37. The Morgan fingerprint density at radius 2 is 2.29 bits per heavy atom. The van der Waals surface area contributed by atoms with Gasteiger partial charge in [0.2, 0.25) is 0 Å². The van der Waals surface area contributed by atoms with Crippen LogP contribution in [-0.2, 0) is 10.3 Å². The predicted molar refractivity (Wildman–Crippen MR) is 108 cm³/mol. The third kappa shape index (κ3) is 3.23. The molecule has 1 unspecified atom stereocenters. The molecule has 2 aromatic heterocycles. The molecule has 3 aliphatic rings. The smallest absolute Gasteiger partial charge is 0.279 e. The molecule has 0 radical (unpaired) electrons. The van der Waals surface area contributed by atoms with Crippen molar-refractivity contribution in [2.75, 3.05) is 17.7 Å². The number of nitrogens with one attached hydrogen (secondary N) is 1. The Hall–Kier alpha value is -1.91. The third-order valence-corrected chi connectivity index (χ3v) is 7.44. The van der Waals surface area contributed by atoms with E-state index in [1.54, 1.807) is 17.8 Å². The van der Waals surface area contributed by atoms with Gasteiger partial charge in [-0.25, -0.2) is 9.98 Å². The highest BCUT2D eigenvalue weighted by atomic mass is 32.2. The van der Waals surface area contributed by atoms with Gasteiger partial charge in [-0.1, -0.05) is 16.9 Å². The summed E-state index contributed by atoms with van der Waals surface area (Å²) < 4.78 is 11.2. The fourth-order valence-electron chi connectivity index (χ4n) is 3.75. The van der Waals surface area contributed by atoms with Crippen LogP contribution in [0.3, 0.4) is 0 Å². The Morgan fingerprint density at radius 1 is 1.43 bits per heavy atom. The first-order valence-corrected chi connectivity index (χ1v) is 11.2. The molecule has 1 amide bonds. The molecule has 1 saturated heterocycles. The number of thioether (sulfide) groups is 1. The number of anilines is 1. The summed E-state index contributed by atoms with van der Waals surface area (Å²) in [4.78, 5) is 21.9. The monoisotopic (exact) mass is 419 g/mol. The lowest BCUT2D eigenvalue weighted by Crippen LogP contribution is -2.49. The topological polar surface area (TPSA) is 116 Å². The molecule has 1 saturated carbocycles. The normalized spacial score (nSPS) is 29.8. The molecule has 4 heterocycles. The zero-order valence-corrected chi connectivity index (χ0v) is 17.0. The number of nitrogens with two attached hydrogens (primary N) is 1. The second kappa shape index (κ2) is 6.85. The number of hydrogen-bond donors (Lipinski definition) is 2. The Labute approximate surface area is 170 Å². The first kappa shape index (κ1) is 18.1. The molecular formula is C18H21N5O3S2. The summed E-state index contributed by atoms with van der Waals surface area (Å²) in [5.41, 5.74) is 5.75. The van der Waals surface area contributed by atoms with Crippen LogP contribution in [0.15, 0.2) is 21.0 Å². The standard InChI is InChI=1S/C18H21N5O3S2/c1-9-4-11-6-28-17(19)22-18(11,8-25-9)16-21-14(7-27-16)20-15(24)12-5-13(26-23-12)10-2-3-10/h5,7,9-11H,2-4,6,8H2,1H3,(H2,19,22)(H,20,24)/t9-,11-,18?/m0/s1. The highest BCUT2D eigenvalue weighted by molar-refractivity contribution is 8.13. The van der Waals surface area contributed by atoms with Gasteiger partial charge in [0.15, 0.2) is 10.9 Å². The molecule has 0 bridgehead atoms. The first-order chi connectivity index (χ1) is 13.5. The first-order valence-electron chi connectivity index (χ1n) is 9.37. The van der Waals surface area contributed by atoms with Crippen molar-refractivity contribution in [1.29, 1.82) is 0 Å². The van der Waals surface area contributed by atoms with Crippen LogP contribution >= 0.6 is 23.1 Å². The lowest BCUT2D eigenvalue weighted by Gasteiger charge is -2.44. The van der Waals surface area contributed by atoms with Gasteiger partial charge in [0.1, 0.15) is 22.1 Å². The minimum atomic E-state index is -0.567. The number of ether oxygens (including phenoxy) is 1. The second-order valence-corrected chi connectivity index (χ2v) is 9.52. The molecule has 148 valence electrons. The van der Waals surface area contributed by atoms with Gasteiger partial charge in [0.25, 0.3) is 5.91 Å². The molecule has 8 nitrogen and oxygen atoms in total. The average molecular weight is 420 g/mol. The highest BCUT2D eigenvalue weighted by Gasteiger charge is 2.49. The van der Waals surface area contributed by atoms with Crippen molar-refractivity contribution in [3.63, 3.8) is 0 Å². The molecule has 5 rings (SSSR count). The molecule has 10 heteroatoms. The second-order valence-electron chi connectivity index (χ2n) is 7.62. The molecule has 0 aromatic carbocycles. The summed E-state index contributed by atoms with van der Waals surface area (Å²) in [6.07, 6.45) is 3.29. The van der Waals surface area contributed by atoms with E-state index in [1.165, 1.54) is 11.3 Å². The maximum absolute atomic E-state index is 12.5. The number of amides is 1. The van der Waals surface area contributed by atoms with E-state index >= 15 is 0 Å². The fraction of sp³-hybridized carbons (Fsp3) is 0.556. The lowest BCUT2D eigenvalue weighted by atomic mass is 9.80. The van der Waals surface area contributed by atoms with Crippen molar-refractivity contribution < 1.29 is 14.1 Å². The Morgan fingerprint density at radius 3 is 3.11 bits per heavy atom. The van der Waals surface area contributed by atoms with Gasteiger partial charge < -0.3 is 20.3 Å². The van der Waals surface area contributed by atoms with Gasteiger partial charge in [-0.3, -0.25) is 4.79 Å². The number of amidine groups is 1. The van der Waals surface area contributed by atoms with E-state index in [1.807, 2.05) is 5.38 Å². The van der Waals surface area contributed by atoms with Crippen LogP contribution in [0.5, 0.6) is 0 Å². The molecule has 28 heavy (non-hydrogen) atoms. The lowest BCUT2D eigenvalue weighted by molar-refractivity contribution is -0.0466. The van der Waals surface area contributed by atoms with E-state index < -0.39 is 5.54 Å². The predicted octanol–water partition coefficient (Wildman–Crippen LogP) is 2.94. The molecule has 3 N–H and O–H groups in total. The summed E-state index contributed by atoms with van der Waals surface area (Å²) in [6, 6.07) is 1.72. The van der Waals surface area contributed by atoms with Crippen LogP contribution in [0.4, 0.5) is 5.82 Å². The van der Waals surface area contributed by atoms with E-state index in [-0.39, 0.29) is 17.7 Å². The van der Waals surface area contributed by atoms with E-state index in [4.69, 9.17) is 20.0 Å². The van der Waals surface area contributed by atoms with Gasteiger partial charge in [-0.2, -0.15) is 0 Å².